The van der Waals surface area contributed by atoms with Crippen LogP contribution in [0.3, 0.4) is 0 Å². The van der Waals surface area contributed by atoms with Crippen LogP contribution in [0.5, 0.6) is 0 Å². The molecule has 1 heteroatoms. The molecule has 0 aliphatic heterocycles. The second-order valence-electron chi connectivity index (χ2n) is 3.26. The van der Waals surface area contributed by atoms with Crippen LogP contribution in [0.1, 0.15) is 37.3 Å². The molecule has 70 valence electrons. The molecule has 1 aromatic rings. The molecule has 1 aromatic carbocycles. The molecule has 1 rings (SSSR count). The van der Waals surface area contributed by atoms with E-state index in [2.05, 4.69) is 26.5 Å². The SMILES string of the molecule is C=Cc1c(Cl)cccc1C(C)CC. The predicted molar refractivity (Wildman–Crippen MR) is 60.2 cm³/mol. The summed E-state index contributed by atoms with van der Waals surface area (Å²) in [6.45, 7) is 8.17. The molecule has 0 spiro atoms. The van der Waals surface area contributed by atoms with Gasteiger partial charge >= 0.3 is 0 Å². The van der Waals surface area contributed by atoms with Gasteiger partial charge in [0, 0.05) is 5.02 Å². The average molecular weight is 195 g/mol. The molecule has 0 saturated carbocycles. The fraction of sp³-hybridized carbons (Fsp3) is 0.333. The molecule has 0 fully saturated rings. The maximum Gasteiger partial charge on any atom is 0.0481 e. The monoisotopic (exact) mass is 194 g/mol. The molecule has 0 N–H and O–H groups in total. The first-order valence-corrected chi connectivity index (χ1v) is 4.99. The van der Waals surface area contributed by atoms with Crippen molar-refractivity contribution in [2.75, 3.05) is 0 Å². The minimum Gasteiger partial charge on any atom is -0.0984 e. The molecule has 0 aromatic heterocycles. The summed E-state index contributed by atoms with van der Waals surface area (Å²) in [5, 5.41) is 0.799. The Bertz CT molecular complexity index is 302. The summed E-state index contributed by atoms with van der Waals surface area (Å²) in [4.78, 5) is 0. The van der Waals surface area contributed by atoms with Crippen LogP contribution in [0.25, 0.3) is 6.08 Å². The minimum atomic E-state index is 0.548. The third-order valence-corrected chi connectivity index (χ3v) is 2.76. The molecule has 0 saturated heterocycles. The largest absolute Gasteiger partial charge is 0.0984 e. The average Bonchev–Trinajstić information content (AvgIpc) is 2.16. The van der Waals surface area contributed by atoms with Crippen molar-refractivity contribution >= 4 is 17.7 Å². The van der Waals surface area contributed by atoms with Crippen molar-refractivity contribution in [2.24, 2.45) is 0 Å². The van der Waals surface area contributed by atoms with E-state index in [1.54, 1.807) is 0 Å². The third kappa shape index (κ3) is 2.13. The van der Waals surface area contributed by atoms with Gasteiger partial charge in [0.15, 0.2) is 0 Å². The molecule has 0 bridgehead atoms. The van der Waals surface area contributed by atoms with Gasteiger partial charge in [-0.15, -0.1) is 0 Å². The summed E-state index contributed by atoms with van der Waals surface area (Å²) in [7, 11) is 0. The van der Waals surface area contributed by atoms with Crippen LogP contribution < -0.4 is 0 Å². The lowest BCUT2D eigenvalue weighted by Gasteiger charge is -2.13. The van der Waals surface area contributed by atoms with Crippen molar-refractivity contribution in [1.29, 1.82) is 0 Å². The highest BCUT2D eigenvalue weighted by Crippen LogP contribution is 2.28. The maximum absolute atomic E-state index is 6.06. The first-order valence-electron chi connectivity index (χ1n) is 4.61. The first kappa shape index (κ1) is 10.3. The first-order chi connectivity index (χ1) is 6.20. The van der Waals surface area contributed by atoms with Crippen molar-refractivity contribution in [3.8, 4) is 0 Å². The fourth-order valence-electron chi connectivity index (χ4n) is 1.42. The number of hydrogen-bond donors (Lipinski definition) is 0. The molecular formula is C12H15Cl. The van der Waals surface area contributed by atoms with Crippen molar-refractivity contribution < 1.29 is 0 Å². The number of benzene rings is 1. The standard InChI is InChI=1S/C12H15Cl/c1-4-9(3)11-7-6-8-12(13)10(11)5-2/h5-9H,2,4H2,1,3H3. The topological polar surface area (TPSA) is 0 Å². The molecule has 13 heavy (non-hydrogen) atoms. The lowest BCUT2D eigenvalue weighted by molar-refractivity contribution is 0.732. The minimum absolute atomic E-state index is 0.548. The summed E-state index contributed by atoms with van der Waals surface area (Å²) < 4.78 is 0. The lowest BCUT2D eigenvalue weighted by atomic mass is 9.94. The second-order valence-corrected chi connectivity index (χ2v) is 3.66. The van der Waals surface area contributed by atoms with Crippen LogP contribution in [0.2, 0.25) is 5.02 Å². The van der Waals surface area contributed by atoms with Crippen molar-refractivity contribution in [3.63, 3.8) is 0 Å². The molecule has 0 radical (unpaired) electrons. The Hall–Kier alpha value is -0.750. The van der Waals surface area contributed by atoms with Gasteiger partial charge in [-0.2, -0.15) is 0 Å². The van der Waals surface area contributed by atoms with Crippen LogP contribution in [0, 0.1) is 0 Å². The molecule has 0 nitrogen and oxygen atoms in total. The van der Waals surface area contributed by atoms with Crippen molar-refractivity contribution in [1.82, 2.24) is 0 Å². The van der Waals surface area contributed by atoms with Gasteiger partial charge in [0.1, 0.15) is 0 Å². The Morgan fingerprint density at radius 1 is 1.54 bits per heavy atom. The summed E-state index contributed by atoms with van der Waals surface area (Å²) in [5.41, 5.74) is 2.38. The lowest BCUT2D eigenvalue weighted by Crippen LogP contribution is -1.95. The van der Waals surface area contributed by atoms with Gasteiger partial charge in [-0.3, -0.25) is 0 Å². The smallest absolute Gasteiger partial charge is 0.0481 e. The van der Waals surface area contributed by atoms with Crippen LogP contribution in [0.15, 0.2) is 24.8 Å². The Kier molecular flexibility index (Phi) is 3.56. The molecule has 1 atom stereocenters. The fourth-order valence-corrected chi connectivity index (χ4v) is 1.68. The highest BCUT2D eigenvalue weighted by molar-refractivity contribution is 6.32. The van der Waals surface area contributed by atoms with E-state index in [1.165, 1.54) is 5.56 Å². The van der Waals surface area contributed by atoms with E-state index in [0.29, 0.717) is 5.92 Å². The number of hydrogen-bond acceptors (Lipinski definition) is 0. The Morgan fingerprint density at radius 2 is 2.23 bits per heavy atom. The van der Waals surface area contributed by atoms with E-state index in [9.17, 15) is 0 Å². The molecule has 0 amide bonds. The summed E-state index contributed by atoms with van der Waals surface area (Å²) in [5.74, 6) is 0.548. The van der Waals surface area contributed by atoms with E-state index in [0.717, 1.165) is 17.0 Å². The maximum atomic E-state index is 6.06. The van der Waals surface area contributed by atoms with Crippen molar-refractivity contribution in [2.45, 2.75) is 26.2 Å². The molecule has 0 aliphatic rings. The van der Waals surface area contributed by atoms with Crippen molar-refractivity contribution in [3.05, 3.63) is 40.9 Å². The normalized spacial score (nSPS) is 12.5. The predicted octanol–water partition coefficient (Wildman–Crippen LogP) is 4.50. The van der Waals surface area contributed by atoms with Gasteiger partial charge in [-0.05, 0) is 29.5 Å². The van der Waals surface area contributed by atoms with Gasteiger partial charge in [0.2, 0.25) is 0 Å². The molecular weight excluding hydrogens is 180 g/mol. The van der Waals surface area contributed by atoms with Gasteiger partial charge in [0.05, 0.1) is 0 Å². The highest BCUT2D eigenvalue weighted by atomic mass is 35.5. The third-order valence-electron chi connectivity index (χ3n) is 2.43. The quantitative estimate of drug-likeness (QED) is 0.665. The van der Waals surface area contributed by atoms with Gasteiger partial charge in [-0.1, -0.05) is 50.2 Å². The van der Waals surface area contributed by atoms with Gasteiger partial charge in [0.25, 0.3) is 0 Å². The zero-order valence-corrected chi connectivity index (χ0v) is 8.93. The van der Waals surface area contributed by atoms with E-state index >= 15 is 0 Å². The zero-order chi connectivity index (χ0) is 9.84. The summed E-state index contributed by atoms with van der Waals surface area (Å²) in [6.07, 6.45) is 2.96. The van der Waals surface area contributed by atoms with Crippen LogP contribution in [-0.2, 0) is 0 Å². The van der Waals surface area contributed by atoms with E-state index in [4.69, 9.17) is 11.6 Å². The number of halogens is 1. The second kappa shape index (κ2) is 4.48. The summed E-state index contributed by atoms with van der Waals surface area (Å²) >= 11 is 6.06. The van der Waals surface area contributed by atoms with Crippen LogP contribution in [-0.4, -0.2) is 0 Å². The van der Waals surface area contributed by atoms with Gasteiger partial charge < -0.3 is 0 Å². The Balaban J connectivity index is 3.19. The van der Waals surface area contributed by atoms with E-state index in [-0.39, 0.29) is 0 Å². The summed E-state index contributed by atoms with van der Waals surface area (Å²) in [6, 6.07) is 6.03. The van der Waals surface area contributed by atoms with Crippen LogP contribution in [0.4, 0.5) is 0 Å². The molecule has 0 aliphatic carbocycles. The Labute approximate surface area is 85.2 Å². The van der Waals surface area contributed by atoms with E-state index < -0.39 is 0 Å². The highest BCUT2D eigenvalue weighted by Gasteiger charge is 2.08. The van der Waals surface area contributed by atoms with E-state index in [1.807, 2.05) is 18.2 Å². The zero-order valence-electron chi connectivity index (χ0n) is 8.18. The van der Waals surface area contributed by atoms with Crippen LogP contribution >= 0.6 is 11.6 Å². The number of rotatable bonds is 3. The van der Waals surface area contributed by atoms with Gasteiger partial charge in [-0.25, -0.2) is 0 Å². The Morgan fingerprint density at radius 3 is 2.77 bits per heavy atom. The molecule has 1 unspecified atom stereocenters. The molecule has 0 heterocycles.